The third-order valence-electron chi connectivity index (χ3n) is 1.76. The minimum absolute atomic E-state index is 0.149. The molecule has 0 saturated heterocycles. The van der Waals surface area contributed by atoms with Crippen molar-refractivity contribution in [3.8, 4) is 0 Å². The predicted octanol–water partition coefficient (Wildman–Crippen LogP) is 3.10. The Morgan fingerprint density at radius 3 is 2.62 bits per heavy atom. The SMILES string of the molecule is CC(C)CNc1nc(CCC(F)(F)F)ns1. The van der Waals surface area contributed by atoms with Gasteiger partial charge in [0.2, 0.25) is 5.13 Å². The molecule has 0 amide bonds. The molecule has 7 heteroatoms. The number of hydrogen-bond acceptors (Lipinski definition) is 4. The minimum Gasteiger partial charge on any atom is -0.360 e. The van der Waals surface area contributed by atoms with Crippen LogP contribution in [0.3, 0.4) is 0 Å². The monoisotopic (exact) mass is 253 g/mol. The zero-order valence-electron chi connectivity index (χ0n) is 9.14. The van der Waals surface area contributed by atoms with E-state index in [0.29, 0.717) is 11.0 Å². The molecule has 1 aromatic heterocycles. The first-order chi connectivity index (χ1) is 7.37. The van der Waals surface area contributed by atoms with Crippen molar-refractivity contribution < 1.29 is 13.2 Å². The lowest BCUT2D eigenvalue weighted by Gasteiger charge is -2.04. The lowest BCUT2D eigenvalue weighted by Crippen LogP contribution is -2.10. The molecule has 16 heavy (non-hydrogen) atoms. The number of alkyl halides is 3. The predicted molar refractivity (Wildman–Crippen MR) is 57.6 cm³/mol. The number of nitrogens with zero attached hydrogens (tertiary/aromatic N) is 2. The smallest absolute Gasteiger partial charge is 0.360 e. The Hall–Kier alpha value is -0.850. The number of anilines is 1. The summed E-state index contributed by atoms with van der Waals surface area (Å²) < 4.78 is 39.7. The van der Waals surface area contributed by atoms with E-state index in [-0.39, 0.29) is 12.2 Å². The molecule has 0 radical (unpaired) electrons. The van der Waals surface area contributed by atoms with Crippen LogP contribution in [0.2, 0.25) is 0 Å². The summed E-state index contributed by atoms with van der Waals surface area (Å²) >= 11 is 1.10. The van der Waals surface area contributed by atoms with Crippen molar-refractivity contribution in [2.75, 3.05) is 11.9 Å². The number of halogens is 3. The van der Waals surface area contributed by atoms with Gasteiger partial charge < -0.3 is 5.32 Å². The van der Waals surface area contributed by atoms with Crippen LogP contribution in [-0.4, -0.2) is 22.1 Å². The first kappa shape index (κ1) is 13.2. The van der Waals surface area contributed by atoms with Gasteiger partial charge in [0, 0.05) is 24.5 Å². The maximum absolute atomic E-state index is 11.9. The second-order valence-corrected chi connectivity index (χ2v) is 4.66. The highest BCUT2D eigenvalue weighted by atomic mass is 32.1. The Morgan fingerprint density at radius 1 is 1.38 bits per heavy atom. The highest BCUT2D eigenvalue weighted by molar-refractivity contribution is 7.09. The molecule has 0 aliphatic rings. The van der Waals surface area contributed by atoms with Gasteiger partial charge in [-0.2, -0.15) is 17.5 Å². The van der Waals surface area contributed by atoms with E-state index in [1.54, 1.807) is 0 Å². The van der Waals surface area contributed by atoms with Crippen molar-refractivity contribution >= 4 is 16.7 Å². The van der Waals surface area contributed by atoms with Crippen LogP contribution in [0.5, 0.6) is 0 Å². The minimum atomic E-state index is -4.14. The normalized spacial score (nSPS) is 12.1. The Kier molecular flexibility index (Phi) is 4.52. The molecule has 3 nitrogen and oxygen atoms in total. The zero-order chi connectivity index (χ0) is 12.2. The Labute approximate surface area is 96.3 Å². The average molecular weight is 253 g/mol. The van der Waals surface area contributed by atoms with Gasteiger partial charge in [0.1, 0.15) is 5.82 Å². The van der Waals surface area contributed by atoms with Crippen LogP contribution >= 0.6 is 11.5 Å². The molecule has 0 spiro atoms. The number of rotatable bonds is 5. The van der Waals surface area contributed by atoms with Gasteiger partial charge in [0.05, 0.1) is 6.42 Å². The number of hydrogen-bond donors (Lipinski definition) is 1. The van der Waals surface area contributed by atoms with Crippen LogP contribution in [0, 0.1) is 5.92 Å². The summed E-state index contributed by atoms with van der Waals surface area (Å²) in [7, 11) is 0. The standard InChI is InChI=1S/C9H14F3N3S/c1-6(2)5-13-8-14-7(15-16-8)3-4-9(10,11)12/h6H,3-5H2,1-2H3,(H,13,14,15). The first-order valence-corrected chi connectivity index (χ1v) is 5.77. The molecular formula is C9H14F3N3S. The molecule has 0 aliphatic heterocycles. The van der Waals surface area contributed by atoms with Gasteiger partial charge in [0.25, 0.3) is 0 Å². The quantitative estimate of drug-likeness (QED) is 0.876. The Morgan fingerprint density at radius 2 is 2.06 bits per heavy atom. The maximum atomic E-state index is 11.9. The van der Waals surface area contributed by atoms with Crippen molar-refractivity contribution in [3.63, 3.8) is 0 Å². The second kappa shape index (κ2) is 5.47. The molecule has 0 atom stereocenters. The van der Waals surface area contributed by atoms with Crippen LogP contribution in [0.25, 0.3) is 0 Å². The summed E-state index contributed by atoms with van der Waals surface area (Å²) in [6.07, 6.45) is -5.16. The van der Waals surface area contributed by atoms with Crippen molar-refractivity contribution in [2.45, 2.75) is 32.9 Å². The highest BCUT2D eigenvalue weighted by Crippen LogP contribution is 2.22. The van der Waals surface area contributed by atoms with Crippen LogP contribution in [0.1, 0.15) is 26.1 Å². The van der Waals surface area contributed by atoms with Gasteiger partial charge in [-0.3, -0.25) is 0 Å². The van der Waals surface area contributed by atoms with Gasteiger partial charge in [-0.25, -0.2) is 4.98 Å². The Balaban J connectivity index is 2.39. The first-order valence-electron chi connectivity index (χ1n) is 5.00. The number of aryl methyl sites for hydroxylation is 1. The van der Waals surface area contributed by atoms with Crippen LogP contribution in [0.15, 0.2) is 0 Å². The molecule has 92 valence electrons. The third kappa shape index (κ3) is 5.29. The molecule has 1 aromatic rings. The summed E-state index contributed by atoms with van der Waals surface area (Å²) in [5.74, 6) is 0.719. The van der Waals surface area contributed by atoms with Crippen molar-refractivity contribution in [2.24, 2.45) is 5.92 Å². The van der Waals surface area contributed by atoms with Crippen LogP contribution in [0.4, 0.5) is 18.3 Å². The molecule has 1 heterocycles. The zero-order valence-corrected chi connectivity index (χ0v) is 9.95. The molecule has 0 fully saturated rings. The van der Waals surface area contributed by atoms with Crippen molar-refractivity contribution in [1.29, 1.82) is 0 Å². The topological polar surface area (TPSA) is 37.8 Å². The van der Waals surface area contributed by atoms with Crippen molar-refractivity contribution in [3.05, 3.63) is 5.82 Å². The number of aromatic nitrogens is 2. The maximum Gasteiger partial charge on any atom is 0.389 e. The van der Waals surface area contributed by atoms with Crippen LogP contribution < -0.4 is 5.32 Å². The third-order valence-corrected chi connectivity index (χ3v) is 2.47. The summed E-state index contributed by atoms with van der Waals surface area (Å²) in [5.41, 5.74) is 0. The van der Waals surface area contributed by atoms with Gasteiger partial charge in [-0.1, -0.05) is 13.8 Å². The molecule has 0 aliphatic carbocycles. The van der Waals surface area contributed by atoms with Gasteiger partial charge in [-0.15, -0.1) is 0 Å². The fourth-order valence-corrected chi connectivity index (χ4v) is 1.59. The van der Waals surface area contributed by atoms with Crippen molar-refractivity contribution in [1.82, 2.24) is 9.36 Å². The van der Waals surface area contributed by atoms with E-state index in [0.717, 1.165) is 18.1 Å². The molecule has 0 aromatic carbocycles. The summed E-state index contributed by atoms with van der Waals surface area (Å²) in [5, 5.41) is 3.61. The van der Waals surface area contributed by atoms with E-state index < -0.39 is 12.6 Å². The largest absolute Gasteiger partial charge is 0.389 e. The van der Waals surface area contributed by atoms with Gasteiger partial charge in [-0.05, 0) is 5.92 Å². The van der Waals surface area contributed by atoms with E-state index in [4.69, 9.17) is 0 Å². The highest BCUT2D eigenvalue weighted by Gasteiger charge is 2.27. The van der Waals surface area contributed by atoms with E-state index in [1.165, 1.54) is 0 Å². The molecule has 1 N–H and O–H groups in total. The summed E-state index contributed by atoms with van der Waals surface area (Å²) in [4.78, 5) is 3.98. The van der Waals surface area contributed by atoms with E-state index >= 15 is 0 Å². The molecule has 0 saturated carbocycles. The van der Waals surface area contributed by atoms with Crippen LogP contribution in [-0.2, 0) is 6.42 Å². The molecule has 0 unspecified atom stereocenters. The van der Waals surface area contributed by atoms with E-state index in [1.807, 2.05) is 13.8 Å². The molecular weight excluding hydrogens is 239 g/mol. The lowest BCUT2D eigenvalue weighted by atomic mass is 10.2. The second-order valence-electron chi connectivity index (χ2n) is 3.91. The van der Waals surface area contributed by atoms with Gasteiger partial charge >= 0.3 is 6.18 Å². The average Bonchev–Trinajstić information content (AvgIpc) is 2.58. The van der Waals surface area contributed by atoms with E-state index in [9.17, 15) is 13.2 Å². The molecule has 1 rings (SSSR count). The fourth-order valence-electron chi connectivity index (χ4n) is 0.972. The summed E-state index contributed by atoms with van der Waals surface area (Å²) in [6, 6.07) is 0. The van der Waals surface area contributed by atoms with Gasteiger partial charge in [0.15, 0.2) is 0 Å². The lowest BCUT2D eigenvalue weighted by molar-refractivity contribution is -0.134. The van der Waals surface area contributed by atoms with E-state index in [2.05, 4.69) is 14.7 Å². The Bertz CT molecular complexity index is 322. The molecule has 0 bridgehead atoms. The summed E-state index contributed by atoms with van der Waals surface area (Å²) in [6.45, 7) is 4.82. The number of nitrogens with one attached hydrogen (secondary N) is 1. The fraction of sp³-hybridized carbons (Fsp3) is 0.778.